The summed E-state index contributed by atoms with van der Waals surface area (Å²) < 4.78 is 0. The van der Waals surface area contributed by atoms with E-state index in [1.807, 2.05) is 18.2 Å². The minimum absolute atomic E-state index is 0.134. The lowest BCUT2D eigenvalue weighted by molar-refractivity contribution is -0.114. The van der Waals surface area contributed by atoms with Gasteiger partial charge in [-0.1, -0.05) is 12.1 Å². The first-order chi connectivity index (χ1) is 8.65. The van der Waals surface area contributed by atoms with Gasteiger partial charge in [0, 0.05) is 13.1 Å². The van der Waals surface area contributed by atoms with Crippen LogP contribution in [0.1, 0.15) is 6.92 Å². The topological polar surface area (TPSA) is 66.9 Å². The molecule has 2 rings (SSSR count). The van der Waals surface area contributed by atoms with Crippen molar-refractivity contribution in [3.63, 3.8) is 0 Å². The van der Waals surface area contributed by atoms with Gasteiger partial charge in [-0.15, -0.1) is 0 Å². The van der Waals surface area contributed by atoms with Crippen LogP contribution in [0.3, 0.4) is 0 Å². The van der Waals surface area contributed by atoms with E-state index in [2.05, 4.69) is 20.6 Å². The Morgan fingerprint density at radius 1 is 1.22 bits per heavy atom. The van der Waals surface area contributed by atoms with E-state index in [-0.39, 0.29) is 11.2 Å². The molecule has 0 saturated carbocycles. The maximum absolute atomic E-state index is 11.1. The fourth-order valence-electron chi connectivity index (χ4n) is 1.43. The van der Waals surface area contributed by atoms with E-state index in [9.17, 15) is 4.79 Å². The van der Waals surface area contributed by atoms with Crippen molar-refractivity contribution < 1.29 is 4.79 Å². The molecule has 0 atom stereocenters. The summed E-state index contributed by atoms with van der Waals surface area (Å²) in [5.74, 6) is 0.428. The van der Waals surface area contributed by atoms with E-state index in [4.69, 9.17) is 11.6 Å². The summed E-state index contributed by atoms with van der Waals surface area (Å²) in [6, 6.07) is 9.02. The van der Waals surface area contributed by atoms with E-state index in [1.165, 1.54) is 6.92 Å². The molecular weight excluding hydrogens is 252 g/mol. The normalized spacial score (nSPS) is 9.89. The molecule has 0 aliphatic carbocycles. The van der Waals surface area contributed by atoms with Gasteiger partial charge < -0.3 is 10.6 Å². The van der Waals surface area contributed by atoms with E-state index in [0.717, 1.165) is 5.69 Å². The molecule has 6 heteroatoms. The highest BCUT2D eigenvalue weighted by atomic mass is 35.5. The lowest BCUT2D eigenvalue weighted by atomic mass is 10.2. The van der Waals surface area contributed by atoms with Crippen molar-refractivity contribution in [2.45, 2.75) is 6.92 Å². The van der Waals surface area contributed by atoms with Crippen LogP contribution in [0.25, 0.3) is 0 Å². The van der Waals surface area contributed by atoms with Crippen LogP contribution in [0.15, 0.2) is 36.5 Å². The lowest BCUT2D eigenvalue weighted by Gasteiger charge is -2.11. The van der Waals surface area contributed by atoms with Crippen molar-refractivity contribution in [3.05, 3.63) is 41.8 Å². The molecule has 2 aromatic rings. The molecule has 0 aliphatic heterocycles. The standard InChI is InChI=1S/C12H11ClN4O/c1-8(18)15-9-4-2-3-5-10(9)16-11-6-7-14-12(13)17-11/h2-7H,1H3,(H,15,18)(H,14,16,17). The number of benzene rings is 1. The number of amides is 1. The summed E-state index contributed by atoms with van der Waals surface area (Å²) in [5, 5.41) is 5.96. The average molecular weight is 263 g/mol. The van der Waals surface area contributed by atoms with Crippen LogP contribution in [-0.2, 0) is 4.79 Å². The van der Waals surface area contributed by atoms with Gasteiger partial charge >= 0.3 is 0 Å². The number of carbonyl (C=O) groups excluding carboxylic acids is 1. The first-order valence-electron chi connectivity index (χ1n) is 5.27. The number of carbonyl (C=O) groups is 1. The number of para-hydroxylation sites is 2. The van der Waals surface area contributed by atoms with E-state index in [0.29, 0.717) is 11.5 Å². The van der Waals surface area contributed by atoms with E-state index in [1.54, 1.807) is 18.3 Å². The van der Waals surface area contributed by atoms with Crippen molar-refractivity contribution >= 4 is 34.7 Å². The molecule has 92 valence electrons. The van der Waals surface area contributed by atoms with Gasteiger partial charge in [-0.05, 0) is 29.8 Å². The molecule has 18 heavy (non-hydrogen) atoms. The van der Waals surface area contributed by atoms with Crippen LogP contribution >= 0.6 is 11.6 Å². The summed E-state index contributed by atoms with van der Waals surface area (Å²) >= 11 is 5.70. The molecule has 1 amide bonds. The van der Waals surface area contributed by atoms with Crippen LogP contribution in [0.2, 0.25) is 5.28 Å². The van der Waals surface area contributed by atoms with Gasteiger partial charge in [0.25, 0.3) is 0 Å². The molecule has 0 spiro atoms. The second-order valence-corrected chi connectivity index (χ2v) is 3.90. The number of anilines is 3. The van der Waals surface area contributed by atoms with Crippen LogP contribution < -0.4 is 10.6 Å². The monoisotopic (exact) mass is 262 g/mol. The van der Waals surface area contributed by atoms with E-state index < -0.39 is 0 Å². The van der Waals surface area contributed by atoms with Gasteiger partial charge in [-0.25, -0.2) is 9.97 Å². The van der Waals surface area contributed by atoms with Crippen molar-refractivity contribution in [3.8, 4) is 0 Å². The quantitative estimate of drug-likeness (QED) is 0.835. The highest BCUT2D eigenvalue weighted by molar-refractivity contribution is 6.28. The van der Waals surface area contributed by atoms with Crippen molar-refractivity contribution in [2.75, 3.05) is 10.6 Å². The Kier molecular flexibility index (Phi) is 3.74. The molecule has 1 aromatic carbocycles. The first-order valence-corrected chi connectivity index (χ1v) is 5.65. The molecule has 0 radical (unpaired) electrons. The molecule has 0 bridgehead atoms. The number of nitrogens with one attached hydrogen (secondary N) is 2. The van der Waals surface area contributed by atoms with Crippen LogP contribution in [-0.4, -0.2) is 15.9 Å². The molecule has 2 N–H and O–H groups in total. The second kappa shape index (κ2) is 5.46. The molecule has 0 unspecified atom stereocenters. The molecule has 1 aromatic heterocycles. The van der Waals surface area contributed by atoms with Gasteiger partial charge in [0.1, 0.15) is 5.82 Å². The van der Waals surface area contributed by atoms with Gasteiger partial charge in [-0.3, -0.25) is 4.79 Å². The Morgan fingerprint density at radius 2 is 1.94 bits per heavy atom. The smallest absolute Gasteiger partial charge is 0.224 e. The van der Waals surface area contributed by atoms with Gasteiger partial charge in [0.2, 0.25) is 11.2 Å². The number of hydrogen-bond acceptors (Lipinski definition) is 4. The summed E-state index contributed by atoms with van der Waals surface area (Å²) in [6.07, 6.45) is 1.55. The minimum atomic E-state index is -0.134. The third-order valence-corrected chi connectivity index (χ3v) is 2.31. The Balaban J connectivity index is 2.26. The second-order valence-electron chi connectivity index (χ2n) is 3.56. The fraction of sp³-hybridized carbons (Fsp3) is 0.0833. The fourth-order valence-corrected chi connectivity index (χ4v) is 1.58. The largest absolute Gasteiger partial charge is 0.338 e. The highest BCUT2D eigenvalue weighted by Gasteiger charge is 2.04. The Labute approximate surface area is 109 Å². The number of nitrogens with zero attached hydrogens (tertiary/aromatic N) is 2. The number of halogens is 1. The Bertz CT molecular complexity index is 574. The summed E-state index contributed by atoms with van der Waals surface area (Å²) in [5.41, 5.74) is 1.42. The van der Waals surface area contributed by atoms with Gasteiger partial charge in [0.05, 0.1) is 11.4 Å². The maximum Gasteiger partial charge on any atom is 0.224 e. The SMILES string of the molecule is CC(=O)Nc1ccccc1Nc1ccnc(Cl)n1. The lowest BCUT2D eigenvalue weighted by Crippen LogP contribution is -2.08. The molecular formula is C12H11ClN4O. The summed E-state index contributed by atoms with van der Waals surface area (Å²) in [4.78, 5) is 18.9. The average Bonchev–Trinajstić information content (AvgIpc) is 2.31. The Morgan fingerprint density at radius 3 is 2.61 bits per heavy atom. The molecule has 1 heterocycles. The molecule has 5 nitrogen and oxygen atoms in total. The van der Waals surface area contributed by atoms with Crippen LogP contribution in [0.4, 0.5) is 17.2 Å². The number of rotatable bonds is 3. The zero-order valence-electron chi connectivity index (χ0n) is 9.64. The van der Waals surface area contributed by atoms with Crippen LogP contribution in [0.5, 0.6) is 0 Å². The zero-order chi connectivity index (χ0) is 13.0. The predicted molar refractivity (Wildman–Crippen MR) is 71.1 cm³/mol. The molecule has 0 aliphatic rings. The number of aromatic nitrogens is 2. The van der Waals surface area contributed by atoms with Gasteiger partial charge in [-0.2, -0.15) is 0 Å². The summed E-state index contributed by atoms with van der Waals surface area (Å²) in [6.45, 7) is 1.46. The highest BCUT2D eigenvalue weighted by Crippen LogP contribution is 2.24. The van der Waals surface area contributed by atoms with Gasteiger partial charge in [0.15, 0.2) is 0 Å². The third kappa shape index (κ3) is 3.18. The maximum atomic E-state index is 11.1. The zero-order valence-corrected chi connectivity index (χ0v) is 10.4. The molecule has 0 saturated heterocycles. The van der Waals surface area contributed by atoms with Crippen molar-refractivity contribution in [1.82, 2.24) is 9.97 Å². The molecule has 0 fully saturated rings. The van der Waals surface area contributed by atoms with Crippen LogP contribution in [0, 0.1) is 0 Å². The number of hydrogen-bond donors (Lipinski definition) is 2. The summed E-state index contributed by atoms with van der Waals surface area (Å²) in [7, 11) is 0. The first kappa shape index (κ1) is 12.3. The van der Waals surface area contributed by atoms with Crippen molar-refractivity contribution in [2.24, 2.45) is 0 Å². The predicted octanol–water partition coefficient (Wildman–Crippen LogP) is 2.83. The van der Waals surface area contributed by atoms with Crippen molar-refractivity contribution in [1.29, 1.82) is 0 Å². The third-order valence-electron chi connectivity index (χ3n) is 2.13. The Hall–Kier alpha value is -2.14. The van der Waals surface area contributed by atoms with E-state index >= 15 is 0 Å². The minimum Gasteiger partial charge on any atom is -0.338 e.